The Bertz CT molecular complexity index is 6580. The molecule has 2 amide bonds. The molecule has 114 heavy (non-hydrogen) atoms. The molecule has 16 aromatic rings. The molecule has 16 rings (SSSR count). The van der Waals surface area contributed by atoms with Crippen LogP contribution in [0.1, 0.15) is 147 Å². The topological polar surface area (TPSA) is 343 Å². The summed E-state index contributed by atoms with van der Waals surface area (Å²) < 4.78 is 119. The third-order valence-corrected chi connectivity index (χ3v) is 20.3. The molecule has 0 radical (unpaired) electrons. The molecule has 0 atom stereocenters. The fourth-order valence-electron chi connectivity index (χ4n) is 15.3. The van der Waals surface area contributed by atoms with Gasteiger partial charge in [-0.1, -0.05) is 48.0 Å². The molecular formula is C88H82F4N16O6. The number of nitrogens with two attached hydrogens (primary N) is 2. The lowest BCUT2D eigenvalue weighted by molar-refractivity contribution is -0.138. The lowest BCUT2D eigenvalue weighted by Gasteiger charge is -2.26. The number of allylic oxidation sites excluding steroid dienone is 1. The number of aryl methyl sites for hydroxylation is 4. The van der Waals surface area contributed by atoms with Crippen LogP contribution in [-0.2, 0) is 55.7 Å². The van der Waals surface area contributed by atoms with E-state index in [2.05, 4.69) is 68.6 Å². The van der Waals surface area contributed by atoms with Crippen LogP contribution in [0.25, 0.3) is 116 Å². The summed E-state index contributed by atoms with van der Waals surface area (Å²) >= 11 is 0. The molecule has 0 unspecified atom stereocenters. The number of hydrogen-bond donors (Lipinski definition) is 8. The standard InChI is InChI=1S/C23H22FN5O.C23H21FN4O2.C21H19FN4O.C21H20FN3O2/c1-23(2,9-10-25)22-17(7-8-21(26)30)18-12-19-14(13-27-28-19)11-20(18)29(22)16-5-3-15(24)4-6-16;1-23(2,9-10-25)22-17(7-8-21(29)30)18-12-19-14(13-26-27-19)11-20(18)28(22)16-5-3-15(24)4-6-16;1-12(2)21-16(7-8-20(23)27)17-10-18-13(11-24-25-18)9-19(17)26(21)15-5-3-14(22)4-6-15;1-12(2)21-16(7-8-20(26)27)17-10-18-13(11-23-24-18)9-19(17)25(21)15-5-3-14(22)4-6-15/h3-6,11-13H,7-9H2,1-2H3,(H2,26,30)(H,27,28);3-6,11-13H,7-9H2,1-2H3,(H,26,27)(H,29,30);3-6,9-11H,1,7-8H2,2H3,(H2,23,27)(H,24,25);3-6,9-12H,7-8H2,1-2H3,(H,23,24)(H,26,27)/i;;;1D3,2D3,12D. The van der Waals surface area contributed by atoms with Crippen molar-refractivity contribution in [3.05, 3.63) is 245 Å². The van der Waals surface area contributed by atoms with Gasteiger partial charge in [0.1, 0.15) is 23.3 Å². The predicted octanol–water partition coefficient (Wildman–Crippen LogP) is 18.0. The number of amides is 2. The van der Waals surface area contributed by atoms with Gasteiger partial charge < -0.3 is 39.9 Å². The Morgan fingerprint density at radius 2 is 0.763 bits per heavy atom. The van der Waals surface area contributed by atoms with E-state index in [0.29, 0.717) is 41.1 Å². The monoisotopic (exact) mass is 1540 g/mol. The average molecular weight is 1540 g/mol. The van der Waals surface area contributed by atoms with Gasteiger partial charge in [-0.2, -0.15) is 30.9 Å². The Labute approximate surface area is 660 Å². The number of benzene rings is 8. The number of nitriles is 2. The van der Waals surface area contributed by atoms with Crippen molar-refractivity contribution in [2.24, 2.45) is 11.5 Å². The minimum absolute atomic E-state index is 0.0286. The van der Waals surface area contributed by atoms with Crippen molar-refractivity contribution in [3.63, 3.8) is 0 Å². The van der Waals surface area contributed by atoms with E-state index in [-0.39, 0.29) is 84.7 Å². The fourth-order valence-corrected chi connectivity index (χ4v) is 15.3. The Balaban J connectivity index is 0.000000140. The van der Waals surface area contributed by atoms with Gasteiger partial charge in [0.15, 0.2) is 0 Å². The number of carbonyl (C=O) groups is 4. The van der Waals surface area contributed by atoms with Crippen molar-refractivity contribution in [2.75, 3.05) is 0 Å². The van der Waals surface area contributed by atoms with E-state index in [1.54, 1.807) is 67.1 Å². The first-order chi connectivity index (χ1) is 57.3. The van der Waals surface area contributed by atoms with E-state index < -0.39 is 54.6 Å². The van der Waals surface area contributed by atoms with Crippen molar-refractivity contribution < 1.29 is 56.5 Å². The van der Waals surface area contributed by atoms with Gasteiger partial charge in [0, 0.05) is 142 Å². The van der Waals surface area contributed by atoms with E-state index in [1.807, 2.05) is 75.6 Å². The third-order valence-electron chi connectivity index (χ3n) is 20.3. The molecule has 0 aliphatic carbocycles. The molecule has 8 aromatic heterocycles. The maximum Gasteiger partial charge on any atom is 0.303 e. The number of H-pyrrole nitrogens is 4. The first-order valence-electron chi connectivity index (χ1n) is 39.8. The fraction of sp³-hybridized carbons (Fsp3) is 0.227. The van der Waals surface area contributed by atoms with Crippen molar-refractivity contribution >= 4 is 117 Å². The second kappa shape index (κ2) is 32.2. The Morgan fingerprint density at radius 1 is 0.474 bits per heavy atom. The number of nitrogens with one attached hydrogen (secondary N) is 4. The van der Waals surface area contributed by atoms with Gasteiger partial charge in [-0.05, 0) is 212 Å². The summed E-state index contributed by atoms with van der Waals surface area (Å²) in [6.45, 7) is 7.39. The van der Waals surface area contributed by atoms with Gasteiger partial charge in [0.05, 0.1) is 86.8 Å². The van der Waals surface area contributed by atoms with Crippen LogP contribution in [0, 0.1) is 45.9 Å². The van der Waals surface area contributed by atoms with Crippen molar-refractivity contribution in [3.8, 4) is 34.9 Å². The summed E-state index contributed by atoms with van der Waals surface area (Å²) in [5.41, 5.74) is 24.8. The Hall–Kier alpha value is -13.9. The van der Waals surface area contributed by atoms with E-state index in [1.165, 1.54) is 59.3 Å². The number of carboxylic acid groups (broad SMARTS) is 2. The zero-order chi connectivity index (χ0) is 87.1. The highest BCUT2D eigenvalue weighted by molar-refractivity contribution is 6.03. The molecule has 0 fully saturated rings. The summed E-state index contributed by atoms with van der Waals surface area (Å²) in [7, 11) is 0. The number of fused-ring (bicyclic) bond motifs is 8. The summed E-state index contributed by atoms with van der Waals surface area (Å²) in [5.74, 6) is -7.42. The smallest absolute Gasteiger partial charge is 0.303 e. The number of carboxylic acids is 2. The highest BCUT2D eigenvalue weighted by Crippen LogP contribution is 2.45. The molecule has 10 N–H and O–H groups in total. The third kappa shape index (κ3) is 15.8. The largest absolute Gasteiger partial charge is 0.481 e. The summed E-state index contributed by atoms with van der Waals surface area (Å²) in [6.07, 6.45) is 8.34. The Kier molecular flexibility index (Phi) is 19.6. The SMILES string of the molecule is C=C(C)c1c(CCC(N)=O)c2cc3[nH]ncc3cc2n1-c1ccc(F)cc1.CC(C)(CC#N)c1c(CCC(=O)O)c2cc3[nH]ncc3cc2n1-c1ccc(F)cc1.CC(C)(CC#N)c1c(CCC(N)=O)c2cc3[nH]ncc3cc2n1-c1ccc(F)cc1.[2H]C([2H])([2H])C([2H])(c1c(CCC(=O)O)c2cc3[nH]ncc3cc2n1-c1ccc(F)cc1)C([2H])([2H])[2H]. The zero-order valence-electron chi connectivity index (χ0n) is 69.6. The van der Waals surface area contributed by atoms with Crippen LogP contribution in [0.3, 0.4) is 0 Å². The molecule has 0 saturated heterocycles. The van der Waals surface area contributed by atoms with E-state index >= 15 is 0 Å². The molecule has 22 nitrogen and oxygen atoms in total. The maximum atomic E-state index is 13.7. The summed E-state index contributed by atoms with van der Waals surface area (Å²) in [5, 5.41) is 72.3. The van der Waals surface area contributed by atoms with Gasteiger partial charge in [-0.25, -0.2) is 17.6 Å². The molecule has 0 saturated carbocycles. The number of rotatable bonds is 22. The zero-order valence-corrected chi connectivity index (χ0v) is 62.6. The summed E-state index contributed by atoms with van der Waals surface area (Å²) in [4.78, 5) is 45.8. The Morgan fingerprint density at radius 3 is 1.09 bits per heavy atom. The maximum absolute atomic E-state index is 13.7. The van der Waals surface area contributed by atoms with Crippen LogP contribution in [0.5, 0.6) is 0 Å². The molecule has 0 aliphatic heterocycles. The molecule has 0 aliphatic rings. The number of hydrogen-bond acceptors (Lipinski definition) is 10. The molecule has 8 heterocycles. The van der Waals surface area contributed by atoms with Gasteiger partial charge in [0.25, 0.3) is 0 Å². The van der Waals surface area contributed by atoms with Crippen LogP contribution in [0.4, 0.5) is 17.6 Å². The van der Waals surface area contributed by atoms with Crippen LogP contribution in [0.2, 0.25) is 0 Å². The number of aromatic amines is 4. The minimum Gasteiger partial charge on any atom is -0.481 e. The average Bonchev–Trinajstić information content (AvgIpc) is 1.57. The minimum atomic E-state index is -3.31. The summed E-state index contributed by atoms with van der Waals surface area (Å²) in [6, 6.07) is 43.6. The van der Waals surface area contributed by atoms with E-state index in [9.17, 15) is 57.5 Å². The van der Waals surface area contributed by atoms with Gasteiger partial charge in [-0.15, -0.1) is 0 Å². The van der Waals surface area contributed by atoms with Crippen LogP contribution >= 0.6 is 0 Å². The van der Waals surface area contributed by atoms with Gasteiger partial charge in [0.2, 0.25) is 11.8 Å². The second-order valence-electron chi connectivity index (χ2n) is 29.2. The van der Waals surface area contributed by atoms with Crippen LogP contribution in [-0.4, -0.2) is 93.0 Å². The van der Waals surface area contributed by atoms with E-state index in [4.69, 9.17) is 21.1 Å². The highest BCUT2D eigenvalue weighted by atomic mass is 19.1. The highest BCUT2D eigenvalue weighted by Gasteiger charge is 2.34. The second-order valence-corrected chi connectivity index (χ2v) is 29.2. The molecule has 8 aromatic carbocycles. The van der Waals surface area contributed by atoms with Gasteiger partial charge in [-0.3, -0.25) is 39.6 Å². The number of halogens is 4. The molecule has 0 bridgehead atoms. The van der Waals surface area contributed by atoms with Crippen LogP contribution in [0.15, 0.2) is 177 Å². The molecule has 578 valence electrons. The van der Waals surface area contributed by atoms with Crippen molar-refractivity contribution in [1.29, 1.82) is 10.5 Å². The number of primary amides is 2. The lowest BCUT2D eigenvalue weighted by Crippen LogP contribution is -2.23. The number of aromatic nitrogens is 12. The predicted molar refractivity (Wildman–Crippen MR) is 434 cm³/mol. The number of aliphatic carboxylic acids is 2. The lowest BCUT2D eigenvalue weighted by atomic mass is 9.82. The van der Waals surface area contributed by atoms with Crippen molar-refractivity contribution in [1.82, 2.24) is 59.1 Å². The van der Waals surface area contributed by atoms with Crippen molar-refractivity contribution in [2.45, 2.75) is 129 Å². The quantitative estimate of drug-likeness (QED) is 0.0294. The normalized spacial score (nSPS) is 12.9. The molecule has 0 spiro atoms. The van der Waals surface area contributed by atoms with E-state index in [0.717, 1.165) is 134 Å². The number of nitrogens with zero attached hydrogens (tertiary/aromatic N) is 10. The molecule has 26 heteroatoms. The molecular weight excluding hydrogens is 1450 g/mol. The first-order valence-corrected chi connectivity index (χ1v) is 36.3. The van der Waals surface area contributed by atoms with Gasteiger partial charge >= 0.3 is 11.9 Å². The van der Waals surface area contributed by atoms with Crippen LogP contribution < -0.4 is 11.5 Å². The number of carbonyl (C=O) groups excluding carboxylic acids is 2. The first kappa shape index (κ1) is 69.3.